The number of carboxylic acid groups (broad SMARTS) is 1. The summed E-state index contributed by atoms with van der Waals surface area (Å²) in [7, 11) is 1.53. The molecule has 1 aromatic carbocycles. The summed E-state index contributed by atoms with van der Waals surface area (Å²) in [4.78, 5) is 34.6. The smallest absolute Gasteiger partial charge is 0.304 e. The highest BCUT2D eigenvalue weighted by Gasteiger charge is 2.56. The SMILES string of the molecule is CNC(=O)C1(C(=O)Nc2cccc(CSCCC(=O)O)c2)CC1. The molecule has 1 aliphatic rings. The minimum atomic E-state index is -0.916. The Morgan fingerprint density at radius 3 is 2.61 bits per heavy atom. The summed E-state index contributed by atoms with van der Waals surface area (Å²) < 4.78 is 0. The lowest BCUT2D eigenvalue weighted by molar-refractivity contribution is -0.137. The molecule has 7 heteroatoms. The van der Waals surface area contributed by atoms with Crippen molar-refractivity contribution in [1.82, 2.24) is 5.32 Å². The van der Waals surface area contributed by atoms with Crippen LogP contribution in [0.5, 0.6) is 0 Å². The summed E-state index contributed by atoms with van der Waals surface area (Å²) in [6, 6.07) is 7.39. The Bertz CT molecular complexity index is 614. The van der Waals surface area contributed by atoms with Gasteiger partial charge in [0.1, 0.15) is 5.41 Å². The molecule has 3 N–H and O–H groups in total. The van der Waals surface area contributed by atoms with Gasteiger partial charge in [-0.25, -0.2) is 0 Å². The van der Waals surface area contributed by atoms with Crippen molar-refractivity contribution in [1.29, 1.82) is 0 Å². The van der Waals surface area contributed by atoms with Crippen LogP contribution in [0.3, 0.4) is 0 Å². The van der Waals surface area contributed by atoms with E-state index < -0.39 is 11.4 Å². The van der Waals surface area contributed by atoms with Crippen LogP contribution < -0.4 is 10.6 Å². The number of nitrogens with one attached hydrogen (secondary N) is 2. The number of carboxylic acids is 1. The third-order valence-corrected chi connectivity index (χ3v) is 4.79. The van der Waals surface area contributed by atoms with E-state index >= 15 is 0 Å². The second-order valence-electron chi connectivity index (χ2n) is 5.51. The van der Waals surface area contributed by atoms with Gasteiger partial charge in [0.25, 0.3) is 0 Å². The number of aliphatic carboxylic acids is 1. The van der Waals surface area contributed by atoms with Crippen LogP contribution in [0.2, 0.25) is 0 Å². The average molecular weight is 336 g/mol. The first kappa shape index (κ1) is 17.3. The van der Waals surface area contributed by atoms with Crippen molar-refractivity contribution in [2.45, 2.75) is 25.0 Å². The van der Waals surface area contributed by atoms with Gasteiger partial charge in [0.2, 0.25) is 11.8 Å². The molecule has 0 radical (unpaired) electrons. The highest BCUT2D eigenvalue weighted by molar-refractivity contribution is 7.98. The van der Waals surface area contributed by atoms with Crippen molar-refractivity contribution in [2.75, 3.05) is 18.1 Å². The highest BCUT2D eigenvalue weighted by Crippen LogP contribution is 2.46. The second-order valence-corrected chi connectivity index (χ2v) is 6.62. The Balaban J connectivity index is 1.91. The number of benzene rings is 1. The predicted molar refractivity (Wildman–Crippen MR) is 89.2 cm³/mol. The molecule has 2 amide bonds. The van der Waals surface area contributed by atoms with Gasteiger partial charge in [0.05, 0.1) is 6.42 Å². The Morgan fingerprint density at radius 2 is 2.00 bits per heavy atom. The van der Waals surface area contributed by atoms with E-state index in [2.05, 4.69) is 10.6 Å². The Morgan fingerprint density at radius 1 is 1.26 bits per heavy atom. The highest BCUT2D eigenvalue weighted by atomic mass is 32.2. The van der Waals surface area contributed by atoms with Gasteiger partial charge in [0.15, 0.2) is 0 Å². The topological polar surface area (TPSA) is 95.5 Å². The maximum atomic E-state index is 12.3. The number of carbonyl (C=O) groups excluding carboxylic acids is 2. The molecule has 0 atom stereocenters. The average Bonchev–Trinajstić information content (AvgIpc) is 3.33. The van der Waals surface area contributed by atoms with E-state index in [1.807, 2.05) is 18.2 Å². The van der Waals surface area contributed by atoms with Crippen molar-refractivity contribution in [3.63, 3.8) is 0 Å². The standard InChI is InChI=1S/C16H20N2O4S/c1-17-14(21)16(6-7-16)15(22)18-12-4-2-3-11(9-12)10-23-8-5-13(19)20/h2-4,9H,5-8,10H2,1H3,(H,17,21)(H,18,22)(H,19,20). The van der Waals surface area contributed by atoms with Crippen molar-refractivity contribution in [2.24, 2.45) is 5.41 Å². The Kier molecular flexibility index (Phi) is 5.65. The molecule has 6 nitrogen and oxygen atoms in total. The van der Waals surface area contributed by atoms with Gasteiger partial charge in [-0.3, -0.25) is 14.4 Å². The van der Waals surface area contributed by atoms with Crippen LogP contribution in [-0.2, 0) is 20.1 Å². The maximum absolute atomic E-state index is 12.3. The summed E-state index contributed by atoms with van der Waals surface area (Å²) in [6.45, 7) is 0. The summed E-state index contributed by atoms with van der Waals surface area (Å²) in [5, 5.41) is 14.0. The normalized spacial score (nSPS) is 14.8. The van der Waals surface area contributed by atoms with E-state index in [0.717, 1.165) is 5.56 Å². The van der Waals surface area contributed by atoms with E-state index in [1.165, 1.54) is 18.8 Å². The van der Waals surface area contributed by atoms with E-state index in [1.54, 1.807) is 6.07 Å². The van der Waals surface area contributed by atoms with Gasteiger partial charge in [0, 0.05) is 24.2 Å². The van der Waals surface area contributed by atoms with Gasteiger partial charge in [-0.2, -0.15) is 11.8 Å². The number of anilines is 1. The minimum Gasteiger partial charge on any atom is -0.481 e. The molecule has 23 heavy (non-hydrogen) atoms. The molecule has 0 aromatic heterocycles. The summed E-state index contributed by atoms with van der Waals surface area (Å²) >= 11 is 1.53. The fourth-order valence-electron chi connectivity index (χ4n) is 2.26. The quantitative estimate of drug-likeness (QED) is 0.497. The molecule has 0 aliphatic heterocycles. The van der Waals surface area contributed by atoms with E-state index in [-0.39, 0.29) is 18.2 Å². The largest absolute Gasteiger partial charge is 0.481 e. The lowest BCUT2D eigenvalue weighted by Gasteiger charge is -2.14. The predicted octanol–water partition coefficient (Wildman–Crippen LogP) is 1.86. The first-order chi connectivity index (χ1) is 11.0. The minimum absolute atomic E-state index is 0.135. The van der Waals surface area contributed by atoms with Crippen LogP contribution in [-0.4, -0.2) is 35.7 Å². The number of rotatable bonds is 8. The van der Waals surface area contributed by atoms with Gasteiger partial charge < -0.3 is 15.7 Å². The van der Waals surface area contributed by atoms with Crippen LogP contribution in [0.15, 0.2) is 24.3 Å². The Labute approximate surface area is 139 Å². The lowest BCUT2D eigenvalue weighted by atomic mass is 10.1. The van der Waals surface area contributed by atoms with Crippen molar-refractivity contribution < 1.29 is 19.5 Å². The third kappa shape index (κ3) is 4.48. The Hall–Kier alpha value is -2.02. The van der Waals surface area contributed by atoms with E-state index in [0.29, 0.717) is 30.0 Å². The lowest BCUT2D eigenvalue weighted by Crippen LogP contribution is -2.38. The molecule has 1 aromatic rings. The monoisotopic (exact) mass is 336 g/mol. The van der Waals surface area contributed by atoms with Crippen LogP contribution in [0.1, 0.15) is 24.8 Å². The van der Waals surface area contributed by atoms with Crippen LogP contribution >= 0.6 is 11.8 Å². The van der Waals surface area contributed by atoms with E-state index in [4.69, 9.17) is 5.11 Å². The molecular formula is C16H20N2O4S. The summed E-state index contributed by atoms with van der Waals surface area (Å²) in [6.07, 6.45) is 1.28. The van der Waals surface area contributed by atoms with Crippen molar-refractivity contribution in [3.05, 3.63) is 29.8 Å². The molecule has 0 saturated heterocycles. The molecule has 1 aliphatic carbocycles. The fourth-order valence-corrected chi connectivity index (χ4v) is 3.14. The first-order valence-electron chi connectivity index (χ1n) is 7.40. The second kappa shape index (κ2) is 7.50. The number of hydrogen-bond donors (Lipinski definition) is 3. The molecule has 0 spiro atoms. The molecule has 0 unspecified atom stereocenters. The number of thioether (sulfide) groups is 1. The zero-order valence-corrected chi connectivity index (χ0v) is 13.7. The molecule has 1 saturated carbocycles. The van der Waals surface area contributed by atoms with Crippen LogP contribution in [0.25, 0.3) is 0 Å². The zero-order valence-electron chi connectivity index (χ0n) is 12.9. The molecule has 0 bridgehead atoms. The first-order valence-corrected chi connectivity index (χ1v) is 8.55. The summed E-state index contributed by atoms with van der Waals surface area (Å²) in [5.74, 6) is -0.0890. The zero-order chi connectivity index (χ0) is 16.9. The molecule has 0 heterocycles. The summed E-state index contributed by atoms with van der Waals surface area (Å²) in [5.41, 5.74) is 0.741. The van der Waals surface area contributed by atoms with Crippen molar-refractivity contribution >= 4 is 35.2 Å². The van der Waals surface area contributed by atoms with Gasteiger partial charge in [-0.05, 0) is 30.5 Å². The van der Waals surface area contributed by atoms with Gasteiger partial charge in [-0.15, -0.1) is 0 Å². The maximum Gasteiger partial charge on any atom is 0.304 e. The third-order valence-electron chi connectivity index (χ3n) is 3.76. The number of amides is 2. The van der Waals surface area contributed by atoms with Gasteiger partial charge in [-0.1, -0.05) is 12.1 Å². The van der Waals surface area contributed by atoms with Gasteiger partial charge >= 0.3 is 5.97 Å². The molecule has 2 rings (SSSR count). The number of carbonyl (C=O) groups is 3. The fraction of sp³-hybridized carbons (Fsp3) is 0.438. The molecular weight excluding hydrogens is 316 g/mol. The van der Waals surface area contributed by atoms with E-state index in [9.17, 15) is 14.4 Å². The molecule has 124 valence electrons. The molecule has 1 fully saturated rings. The van der Waals surface area contributed by atoms with Crippen molar-refractivity contribution in [3.8, 4) is 0 Å². The number of hydrogen-bond acceptors (Lipinski definition) is 4. The van der Waals surface area contributed by atoms with Crippen LogP contribution in [0.4, 0.5) is 5.69 Å². The van der Waals surface area contributed by atoms with Crippen LogP contribution in [0, 0.1) is 5.41 Å².